The molecule has 16 nitrogen and oxygen atoms in total. The Balaban J connectivity index is 0.831. The van der Waals surface area contributed by atoms with Crippen molar-refractivity contribution in [3.05, 3.63) is 141 Å². The Morgan fingerprint density at radius 2 is 1.75 bits per heavy atom. The molecular formula is C59H68N8O8S. The number of H-pyrrole nitrogens is 1. The molecule has 17 heteroatoms. The summed E-state index contributed by atoms with van der Waals surface area (Å²) in [5.41, 5.74) is 5.43. The van der Waals surface area contributed by atoms with Crippen LogP contribution in [0.25, 0.3) is 11.0 Å². The number of nitro groups is 1. The lowest BCUT2D eigenvalue weighted by Crippen LogP contribution is -2.60. The molecule has 0 bridgehead atoms. The third-order valence-electron chi connectivity index (χ3n) is 16.6. The van der Waals surface area contributed by atoms with Gasteiger partial charge in [-0.05, 0) is 141 Å². The second-order valence-corrected chi connectivity index (χ2v) is 23.7. The molecule has 4 fully saturated rings. The largest absolute Gasteiger partial charge is 0.495 e. The van der Waals surface area contributed by atoms with Crippen LogP contribution in [-0.4, -0.2) is 102 Å². The van der Waals surface area contributed by atoms with Crippen molar-refractivity contribution in [3.8, 4) is 29.6 Å². The molecule has 398 valence electrons. The molecule has 2 aromatic heterocycles. The van der Waals surface area contributed by atoms with Gasteiger partial charge in [0.2, 0.25) is 0 Å². The van der Waals surface area contributed by atoms with Crippen LogP contribution in [-0.2, 0) is 16.6 Å². The zero-order chi connectivity index (χ0) is 53.4. The van der Waals surface area contributed by atoms with E-state index in [0.29, 0.717) is 48.5 Å². The molecule has 2 aliphatic heterocycles. The van der Waals surface area contributed by atoms with Crippen molar-refractivity contribution in [2.24, 2.45) is 11.3 Å². The normalized spacial score (nSPS) is 21.2. The zero-order valence-corrected chi connectivity index (χ0v) is 44.6. The van der Waals surface area contributed by atoms with E-state index < -0.39 is 37.0 Å². The van der Waals surface area contributed by atoms with Crippen LogP contribution in [0, 0.1) is 33.8 Å². The number of fused-ring (bicyclic) bond motifs is 1. The number of nitro benzene ring substituents is 1. The van der Waals surface area contributed by atoms with Gasteiger partial charge >= 0.3 is 0 Å². The highest BCUT2D eigenvalue weighted by Crippen LogP contribution is 2.53. The molecule has 10 rings (SSSR count). The summed E-state index contributed by atoms with van der Waals surface area (Å²) in [6.07, 6.45) is 16.2. The van der Waals surface area contributed by atoms with Gasteiger partial charge in [0.15, 0.2) is 0 Å². The van der Waals surface area contributed by atoms with Gasteiger partial charge in [-0.2, -0.15) is 0 Å². The number of hydrogen-bond donors (Lipinski definition) is 4. The lowest BCUT2D eigenvalue weighted by molar-refractivity contribution is -0.384. The fraction of sp³-hybridized carbons (Fsp3) is 0.424. The molecule has 6 aromatic rings. The van der Waals surface area contributed by atoms with E-state index in [-0.39, 0.29) is 34.4 Å². The monoisotopic (exact) mass is 1050 g/mol. The number of methoxy groups -OCH3 is 1. The standard InChI is InChI=1S/C59H68N8O8S/c1-6-42-29-41(11-16-54(42)74-5)37-64-27-28-66(53(38-64)49-10-8-7-9-48(49)39(2)3)45-33-59(34-45)22-25-65(26-23-59)44-12-14-50(55(31-44)75-46-30-43-19-24-60-56(43)62-36-46)57(68)63-76(72,73)47-13-15-51(52(32-47)67(70)71)61-35-40-17-20-58(4,69)21-18-40/h1,7-16,19,24,29-32,36,39-40,45,53,61,69H,17-18,20-23,25-28,33-35,37-38H2,2-5H3,(H,60,62)(H,63,68)/t40-,53?,58-. The minimum atomic E-state index is -4.60. The van der Waals surface area contributed by atoms with Gasteiger partial charge in [0.05, 0.1) is 39.9 Å². The number of nitrogens with zero attached hydrogens (tertiary/aromatic N) is 5. The van der Waals surface area contributed by atoms with Crippen LogP contribution in [0.15, 0.2) is 108 Å². The number of piperazine rings is 1. The average molecular weight is 1050 g/mol. The molecule has 2 aliphatic carbocycles. The second-order valence-electron chi connectivity index (χ2n) is 22.1. The molecule has 76 heavy (non-hydrogen) atoms. The quantitative estimate of drug-likeness (QED) is 0.0407. The van der Waals surface area contributed by atoms with Crippen molar-refractivity contribution in [2.75, 3.05) is 56.6 Å². The topological polar surface area (TPSA) is 196 Å². The van der Waals surface area contributed by atoms with Crippen molar-refractivity contribution in [1.29, 1.82) is 0 Å². The number of carbonyl (C=O) groups excluding carboxylic acids is 1. The van der Waals surface area contributed by atoms with Crippen molar-refractivity contribution in [3.63, 3.8) is 0 Å². The summed E-state index contributed by atoms with van der Waals surface area (Å²) in [5.74, 6) is 3.62. The summed E-state index contributed by atoms with van der Waals surface area (Å²) >= 11 is 0. The van der Waals surface area contributed by atoms with Crippen molar-refractivity contribution >= 4 is 44.0 Å². The highest BCUT2D eigenvalue weighted by atomic mass is 32.2. The number of anilines is 2. The first kappa shape index (κ1) is 52.5. The number of hydrogen-bond acceptors (Lipinski definition) is 13. The number of benzene rings is 4. The Kier molecular flexibility index (Phi) is 14.9. The van der Waals surface area contributed by atoms with E-state index in [1.165, 1.54) is 35.0 Å². The number of aromatic amines is 1. The number of amides is 1. The molecule has 4 N–H and O–H groups in total. The first-order chi connectivity index (χ1) is 36.5. The summed E-state index contributed by atoms with van der Waals surface area (Å²) in [7, 11) is -2.95. The fourth-order valence-electron chi connectivity index (χ4n) is 12.2. The van der Waals surface area contributed by atoms with Gasteiger partial charge in [-0.25, -0.2) is 18.1 Å². The lowest BCUT2D eigenvalue weighted by Gasteiger charge is -2.58. The van der Waals surface area contributed by atoms with Crippen LogP contribution < -0.4 is 24.4 Å². The predicted molar refractivity (Wildman–Crippen MR) is 295 cm³/mol. The Bertz CT molecular complexity index is 3270. The second kappa shape index (κ2) is 21.6. The number of piperidine rings is 1. The van der Waals surface area contributed by atoms with Crippen LogP contribution in [0.4, 0.5) is 17.1 Å². The van der Waals surface area contributed by atoms with Gasteiger partial charge in [-0.1, -0.05) is 50.1 Å². The molecule has 1 atom stereocenters. The number of carbonyl (C=O) groups is 1. The Hall–Kier alpha value is -6.97. The van der Waals surface area contributed by atoms with Crippen LogP contribution in [0.5, 0.6) is 17.2 Å². The van der Waals surface area contributed by atoms with Crippen LogP contribution in [0.3, 0.4) is 0 Å². The first-order valence-electron chi connectivity index (χ1n) is 26.5. The minimum Gasteiger partial charge on any atom is -0.495 e. The predicted octanol–water partition coefficient (Wildman–Crippen LogP) is 10.2. The van der Waals surface area contributed by atoms with Crippen molar-refractivity contribution in [2.45, 2.75) is 107 Å². The fourth-order valence-corrected chi connectivity index (χ4v) is 13.1. The van der Waals surface area contributed by atoms with Crippen LogP contribution >= 0.6 is 0 Å². The van der Waals surface area contributed by atoms with E-state index in [1.54, 1.807) is 31.5 Å². The van der Waals surface area contributed by atoms with Gasteiger partial charge in [0, 0.05) is 87.3 Å². The number of nitrogens with one attached hydrogen (secondary N) is 3. The smallest absolute Gasteiger partial charge is 0.293 e. The van der Waals surface area contributed by atoms with Gasteiger partial charge in [0.1, 0.15) is 28.6 Å². The van der Waals surface area contributed by atoms with Gasteiger partial charge < -0.3 is 29.8 Å². The number of sulfonamides is 1. The number of pyridine rings is 1. The van der Waals surface area contributed by atoms with Crippen molar-refractivity contribution < 1.29 is 32.7 Å². The molecular weight excluding hydrogens is 981 g/mol. The summed E-state index contributed by atoms with van der Waals surface area (Å²) < 4.78 is 41.8. The SMILES string of the molecule is C#Cc1cc(CN2CCN(C3CC4(CCN(c5ccc(C(=O)NS(=O)(=O)c6ccc(NC[C@H]7CC[C@](C)(O)CC7)c([N+](=O)[O-])c6)c(Oc6cnc7[nH]ccc7c6)c5)CC4)C3)C(c3ccccc3C(C)C)C2)ccc1OC. The molecule has 1 amide bonds. The summed E-state index contributed by atoms with van der Waals surface area (Å²) in [6, 6.07) is 28.2. The van der Waals surface area contributed by atoms with E-state index in [2.05, 4.69) is 90.9 Å². The summed E-state index contributed by atoms with van der Waals surface area (Å²) in [6.45, 7) is 12.0. The summed E-state index contributed by atoms with van der Waals surface area (Å²) in [4.78, 5) is 40.5. The number of terminal acetylenes is 1. The third kappa shape index (κ3) is 11.3. The van der Waals surface area contributed by atoms with Crippen LogP contribution in [0.1, 0.15) is 117 Å². The molecule has 1 unspecified atom stereocenters. The van der Waals surface area contributed by atoms with E-state index >= 15 is 0 Å². The van der Waals surface area contributed by atoms with Crippen LogP contribution in [0.2, 0.25) is 0 Å². The molecule has 0 radical (unpaired) electrons. The Labute approximate surface area is 445 Å². The van der Waals surface area contributed by atoms with Crippen molar-refractivity contribution in [1.82, 2.24) is 24.5 Å². The average Bonchev–Trinajstić information content (AvgIpc) is 3.88. The van der Waals surface area contributed by atoms with Gasteiger partial charge in [-0.15, -0.1) is 6.42 Å². The van der Waals surface area contributed by atoms with Gasteiger partial charge in [0.25, 0.3) is 21.6 Å². The molecule has 2 saturated carbocycles. The van der Waals surface area contributed by atoms with E-state index in [0.717, 1.165) is 100 Å². The molecule has 1 spiro atoms. The molecule has 2 saturated heterocycles. The number of aliphatic hydroxyl groups is 1. The Morgan fingerprint density at radius 3 is 2.49 bits per heavy atom. The number of ether oxygens (including phenoxy) is 2. The maximum absolute atomic E-state index is 14.1. The zero-order valence-electron chi connectivity index (χ0n) is 43.8. The molecule has 4 aromatic carbocycles. The number of rotatable bonds is 16. The minimum absolute atomic E-state index is 0.0361. The highest BCUT2D eigenvalue weighted by Gasteiger charge is 2.50. The highest BCUT2D eigenvalue weighted by molar-refractivity contribution is 7.90. The van der Waals surface area contributed by atoms with Gasteiger partial charge in [-0.3, -0.25) is 24.7 Å². The van der Waals surface area contributed by atoms with E-state index in [9.17, 15) is 28.4 Å². The number of aromatic nitrogens is 2. The molecule has 4 heterocycles. The Morgan fingerprint density at radius 1 is 0.974 bits per heavy atom. The lowest BCUT2D eigenvalue weighted by atomic mass is 9.59. The summed E-state index contributed by atoms with van der Waals surface area (Å²) in [5, 5.41) is 26.5. The van der Waals surface area contributed by atoms with E-state index in [1.807, 2.05) is 25.1 Å². The maximum atomic E-state index is 14.1. The molecule has 4 aliphatic rings. The van der Waals surface area contributed by atoms with E-state index in [4.69, 9.17) is 15.9 Å². The first-order valence-corrected chi connectivity index (χ1v) is 28.0. The third-order valence-corrected chi connectivity index (χ3v) is 17.9. The maximum Gasteiger partial charge on any atom is 0.293 e.